The lowest BCUT2D eigenvalue weighted by Gasteiger charge is -2.35. The smallest absolute Gasteiger partial charge is 0.409 e. The number of hydrogen-bond donors (Lipinski definition) is 1. The fourth-order valence-corrected chi connectivity index (χ4v) is 3.51. The van der Waals surface area contributed by atoms with E-state index >= 15 is 0 Å². The Morgan fingerprint density at radius 2 is 1.85 bits per heavy atom. The van der Waals surface area contributed by atoms with Crippen LogP contribution in [-0.2, 0) is 14.3 Å². The molecule has 144 valence electrons. The van der Waals surface area contributed by atoms with Crippen LogP contribution in [0.3, 0.4) is 0 Å². The van der Waals surface area contributed by atoms with Crippen molar-refractivity contribution < 1.29 is 19.1 Å². The Balaban J connectivity index is 1.85. The molecular weight excluding hydrogens is 354 g/mol. The molecule has 1 aromatic heterocycles. The molecule has 1 aromatic rings. The summed E-state index contributed by atoms with van der Waals surface area (Å²) in [6, 6.07) is 3.51. The standard InChI is InChI=1S/C18H27N3O4S/c1-13(2)12-25-18(24)21-8-6-20(7-9-21)17(23)11-15(19-14(3)22)16-5-4-10-26-16/h4-5,10,13,15H,6-9,11-12H2,1-3H3,(H,19,22). The van der Waals surface area contributed by atoms with Crippen molar-refractivity contribution in [2.24, 2.45) is 5.92 Å². The van der Waals surface area contributed by atoms with Crippen LogP contribution < -0.4 is 5.32 Å². The van der Waals surface area contributed by atoms with Crippen LogP contribution >= 0.6 is 11.3 Å². The molecule has 2 heterocycles. The molecular formula is C18H27N3O4S. The first-order chi connectivity index (χ1) is 12.4. The van der Waals surface area contributed by atoms with Gasteiger partial charge in [0.05, 0.1) is 19.1 Å². The van der Waals surface area contributed by atoms with Crippen molar-refractivity contribution in [3.8, 4) is 0 Å². The molecule has 1 unspecified atom stereocenters. The molecule has 0 radical (unpaired) electrons. The maximum Gasteiger partial charge on any atom is 0.409 e. The van der Waals surface area contributed by atoms with E-state index in [-0.39, 0.29) is 30.4 Å². The van der Waals surface area contributed by atoms with Crippen molar-refractivity contribution in [2.45, 2.75) is 33.2 Å². The first-order valence-corrected chi connectivity index (χ1v) is 9.74. The third kappa shape index (κ3) is 6.01. The SMILES string of the molecule is CC(=O)NC(CC(=O)N1CCN(C(=O)OCC(C)C)CC1)c1cccs1. The average molecular weight is 381 g/mol. The molecule has 1 atom stereocenters. The predicted octanol–water partition coefficient (Wildman–Crippen LogP) is 2.25. The van der Waals surface area contributed by atoms with Crippen LogP contribution in [0.15, 0.2) is 17.5 Å². The van der Waals surface area contributed by atoms with Crippen LogP contribution in [0.1, 0.15) is 38.1 Å². The van der Waals surface area contributed by atoms with E-state index in [0.29, 0.717) is 38.7 Å². The summed E-state index contributed by atoms with van der Waals surface area (Å²) in [5.74, 6) is 0.117. The minimum Gasteiger partial charge on any atom is -0.449 e. The van der Waals surface area contributed by atoms with Crippen molar-refractivity contribution >= 4 is 29.2 Å². The quantitative estimate of drug-likeness (QED) is 0.820. The first kappa shape index (κ1) is 20.2. The van der Waals surface area contributed by atoms with E-state index in [1.807, 2.05) is 31.4 Å². The summed E-state index contributed by atoms with van der Waals surface area (Å²) >= 11 is 1.52. The Labute approximate surface area is 158 Å². The van der Waals surface area contributed by atoms with E-state index in [9.17, 15) is 14.4 Å². The van der Waals surface area contributed by atoms with Crippen LogP contribution in [0.5, 0.6) is 0 Å². The molecule has 3 amide bonds. The molecule has 1 fully saturated rings. The Kier molecular flexibility index (Phi) is 7.44. The lowest BCUT2D eigenvalue weighted by Crippen LogP contribution is -2.51. The molecule has 1 N–H and O–H groups in total. The third-order valence-electron chi connectivity index (χ3n) is 4.07. The summed E-state index contributed by atoms with van der Waals surface area (Å²) in [4.78, 5) is 40.4. The monoisotopic (exact) mass is 381 g/mol. The predicted molar refractivity (Wildman–Crippen MR) is 99.8 cm³/mol. The van der Waals surface area contributed by atoms with E-state index in [2.05, 4.69) is 5.32 Å². The summed E-state index contributed by atoms with van der Waals surface area (Å²) < 4.78 is 5.23. The minimum absolute atomic E-state index is 0.0210. The summed E-state index contributed by atoms with van der Waals surface area (Å²) in [7, 11) is 0. The second-order valence-corrected chi connectivity index (χ2v) is 7.79. The number of nitrogens with one attached hydrogen (secondary N) is 1. The van der Waals surface area contributed by atoms with E-state index < -0.39 is 0 Å². The zero-order chi connectivity index (χ0) is 19.1. The molecule has 1 aliphatic rings. The number of carbonyl (C=O) groups excluding carboxylic acids is 3. The van der Waals surface area contributed by atoms with Crippen LogP contribution in [0.4, 0.5) is 4.79 Å². The van der Waals surface area contributed by atoms with Gasteiger partial charge in [0.15, 0.2) is 0 Å². The molecule has 8 heteroatoms. The number of rotatable bonds is 6. The Hall–Kier alpha value is -2.09. The molecule has 0 bridgehead atoms. The summed E-state index contributed by atoms with van der Waals surface area (Å²) in [6.07, 6.45) is -0.0988. The molecule has 0 aliphatic carbocycles. The van der Waals surface area contributed by atoms with Gasteiger partial charge in [0.1, 0.15) is 0 Å². The van der Waals surface area contributed by atoms with Crippen LogP contribution in [0.25, 0.3) is 0 Å². The van der Waals surface area contributed by atoms with Crippen molar-refractivity contribution in [3.05, 3.63) is 22.4 Å². The van der Waals surface area contributed by atoms with E-state index in [1.165, 1.54) is 18.3 Å². The Bertz CT molecular complexity index is 610. The number of thiophene rings is 1. The molecule has 0 aromatic carbocycles. The van der Waals surface area contributed by atoms with Crippen molar-refractivity contribution in [1.29, 1.82) is 0 Å². The van der Waals surface area contributed by atoms with Gasteiger partial charge < -0.3 is 19.9 Å². The van der Waals surface area contributed by atoms with E-state index in [0.717, 1.165) is 4.88 Å². The second-order valence-electron chi connectivity index (χ2n) is 6.81. The van der Waals surface area contributed by atoms with E-state index in [1.54, 1.807) is 9.80 Å². The number of nitrogens with zero attached hydrogens (tertiary/aromatic N) is 2. The number of hydrogen-bond acceptors (Lipinski definition) is 5. The largest absolute Gasteiger partial charge is 0.449 e. The van der Waals surface area contributed by atoms with Crippen LogP contribution in [0.2, 0.25) is 0 Å². The van der Waals surface area contributed by atoms with E-state index in [4.69, 9.17) is 4.74 Å². The van der Waals surface area contributed by atoms with Gasteiger partial charge in [-0.05, 0) is 17.4 Å². The molecule has 7 nitrogen and oxygen atoms in total. The molecule has 1 aliphatic heterocycles. The number of piperazine rings is 1. The highest BCUT2D eigenvalue weighted by Gasteiger charge is 2.27. The summed E-state index contributed by atoms with van der Waals surface area (Å²) in [5.41, 5.74) is 0. The minimum atomic E-state index is -0.319. The van der Waals surface area contributed by atoms with Gasteiger partial charge in [-0.2, -0.15) is 0 Å². The van der Waals surface area contributed by atoms with Gasteiger partial charge in [-0.15, -0.1) is 11.3 Å². The number of amides is 3. The van der Waals surface area contributed by atoms with Gasteiger partial charge in [0.2, 0.25) is 11.8 Å². The topological polar surface area (TPSA) is 79.0 Å². The Morgan fingerprint density at radius 3 is 2.38 bits per heavy atom. The summed E-state index contributed by atoms with van der Waals surface area (Å²) in [5, 5.41) is 4.77. The lowest BCUT2D eigenvalue weighted by atomic mass is 10.1. The van der Waals surface area contributed by atoms with Gasteiger partial charge >= 0.3 is 6.09 Å². The lowest BCUT2D eigenvalue weighted by molar-refractivity contribution is -0.133. The Morgan fingerprint density at radius 1 is 1.19 bits per heavy atom. The highest BCUT2D eigenvalue weighted by atomic mass is 32.1. The highest BCUT2D eigenvalue weighted by molar-refractivity contribution is 7.10. The highest BCUT2D eigenvalue weighted by Crippen LogP contribution is 2.23. The fraction of sp³-hybridized carbons (Fsp3) is 0.611. The van der Waals surface area contributed by atoms with Crippen molar-refractivity contribution in [1.82, 2.24) is 15.1 Å². The van der Waals surface area contributed by atoms with Crippen LogP contribution in [-0.4, -0.2) is 60.5 Å². The zero-order valence-electron chi connectivity index (χ0n) is 15.6. The maximum absolute atomic E-state index is 12.6. The average Bonchev–Trinajstić information content (AvgIpc) is 3.13. The maximum atomic E-state index is 12.6. The number of ether oxygens (including phenoxy) is 1. The van der Waals surface area contributed by atoms with Gasteiger partial charge in [-0.25, -0.2) is 4.79 Å². The third-order valence-corrected chi connectivity index (χ3v) is 5.06. The second kappa shape index (κ2) is 9.56. The van der Waals surface area contributed by atoms with Gasteiger partial charge in [-0.1, -0.05) is 19.9 Å². The molecule has 0 spiro atoms. The summed E-state index contributed by atoms with van der Waals surface area (Å²) in [6.45, 7) is 7.72. The first-order valence-electron chi connectivity index (χ1n) is 8.86. The van der Waals surface area contributed by atoms with Gasteiger partial charge in [-0.3, -0.25) is 9.59 Å². The van der Waals surface area contributed by atoms with Gasteiger partial charge in [0.25, 0.3) is 0 Å². The molecule has 1 saturated heterocycles. The van der Waals surface area contributed by atoms with Gasteiger partial charge in [0, 0.05) is 38.0 Å². The van der Waals surface area contributed by atoms with Crippen molar-refractivity contribution in [2.75, 3.05) is 32.8 Å². The molecule has 2 rings (SSSR count). The zero-order valence-corrected chi connectivity index (χ0v) is 16.4. The fourth-order valence-electron chi connectivity index (χ4n) is 2.73. The number of carbonyl (C=O) groups is 3. The van der Waals surface area contributed by atoms with Crippen molar-refractivity contribution in [3.63, 3.8) is 0 Å². The molecule has 0 saturated carbocycles. The van der Waals surface area contributed by atoms with Crippen LogP contribution in [0, 0.1) is 5.92 Å². The normalized spacial score (nSPS) is 15.7. The molecule has 26 heavy (non-hydrogen) atoms.